The lowest BCUT2D eigenvalue weighted by molar-refractivity contribution is 0.431. The van der Waals surface area contributed by atoms with Gasteiger partial charge >= 0.3 is 0 Å². The van der Waals surface area contributed by atoms with E-state index in [1.165, 1.54) is 16.7 Å². The van der Waals surface area contributed by atoms with Crippen LogP contribution in [0.25, 0.3) is 31.9 Å². The summed E-state index contributed by atoms with van der Waals surface area (Å²) in [7, 11) is 0. The number of hydrogen-bond donors (Lipinski definition) is 0. The minimum atomic E-state index is -0.738. The summed E-state index contributed by atoms with van der Waals surface area (Å²) in [5.74, 6) is 3.10. The Morgan fingerprint density at radius 1 is 0.600 bits per heavy atom. The van der Waals surface area contributed by atoms with Gasteiger partial charge in [-0.2, -0.15) is 0 Å². The van der Waals surface area contributed by atoms with Crippen molar-refractivity contribution in [2.75, 3.05) is 0 Å². The fraction of sp³-hybridized carbons (Fsp3) is 0.0667. The molecule has 0 saturated carbocycles. The molecule has 9 rings (SSSR count). The summed E-state index contributed by atoms with van der Waals surface area (Å²) in [4.78, 5) is 10.0. The van der Waals surface area contributed by atoms with Crippen LogP contribution in [0.5, 0.6) is 23.0 Å². The van der Waals surface area contributed by atoms with Gasteiger partial charge in [-0.1, -0.05) is 84.9 Å². The Bertz CT molecular complexity index is 2440. The summed E-state index contributed by atoms with van der Waals surface area (Å²) in [6.45, 7) is 4.33. The molecule has 1 aliphatic heterocycles. The second kappa shape index (κ2) is 12.1. The normalized spacial score (nSPS) is 12.9. The van der Waals surface area contributed by atoms with Gasteiger partial charge < -0.3 is 9.47 Å². The Labute approximate surface area is 295 Å². The van der Waals surface area contributed by atoms with E-state index in [0.29, 0.717) is 0 Å². The largest absolute Gasteiger partial charge is 0.457 e. The fourth-order valence-electron chi connectivity index (χ4n) is 7.43. The topological polar surface area (TPSA) is 44.2 Å². The Morgan fingerprint density at radius 2 is 1.28 bits per heavy atom. The Balaban J connectivity index is 1.22. The number of ether oxygens (including phenoxy) is 2. The van der Waals surface area contributed by atoms with E-state index in [1.54, 1.807) is 11.3 Å². The highest BCUT2D eigenvalue weighted by molar-refractivity contribution is 7.21. The lowest BCUT2D eigenvalue weighted by Gasteiger charge is -2.40. The molecule has 0 bridgehead atoms. The molecule has 0 atom stereocenters. The molecule has 240 valence electrons. The molecule has 3 heterocycles. The number of nitrogens with zero attached hydrogens (tertiary/aromatic N) is 2. The van der Waals surface area contributed by atoms with Crippen molar-refractivity contribution in [1.29, 1.82) is 0 Å². The molecule has 8 aromatic rings. The number of benzene rings is 6. The SMILES string of the molecule is Cc1cccc(C)c1-c1cc(Oc2cccc(C3(c4ccccn4)c4ccccc4Oc4ccccc43)c2)cc(-c2nc3ccccc3s2)c1. The smallest absolute Gasteiger partial charge is 0.132 e. The van der Waals surface area contributed by atoms with E-state index >= 15 is 0 Å². The van der Waals surface area contributed by atoms with Crippen LogP contribution >= 0.6 is 11.3 Å². The van der Waals surface area contributed by atoms with Crippen molar-refractivity contribution in [2.45, 2.75) is 19.3 Å². The quantitative estimate of drug-likeness (QED) is 0.177. The van der Waals surface area contributed by atoms with Crippen LogP contribution in [-0.2, 0) is 5.41 Å². The first-order chi connectivity index (χ1) is 24.6. The van der Waals surface area contributed by atoms with Crippen LogP contribution in [0.3, 0.4) is 0 Å². The first kappa shape index (κ1) is 30.1. The summed E-state index contributed by atoms with van der Waals surface area (Å²) < 4.78 is 14.5. The average Bonchev–Trinajstić information content (AvgIpc) is 3.59. The van der Waals surface area contributed by atoms with Gasteiger partial charge in [-0.05, 0) is 108 Å². The molecule has 0 unspecified atom stereocenters. The Morgan fingerprint density at radius 3 is 2.02 bits per heavy atom. The van der Waals surface area contributed by atoms with Gasteiger partial charge in [0.05, 0.1) is 21.3 Å². The number of aromatic nitrogens is 2. The molecule has 4 nitrogen and oxygen atoms in total. The van der Waals surface area contributed by atoms with E-state index in [1.807, 2.05) is 54.7 Å². The van der Waals surface area contributed by atoms with Crippen molar-refractivity contribution in [2.24, 2.45) is 0 Å². The van der Waals surface area contributed by atoms with Gasteiger partial charge in [0.15, 0.2) is 0 Å². The number of fused-ring (bicyclic) bond motifs is 3. The molecule has 0 amide bonds. The molecule has 0 fully saturated rings. The van der Waals surface area contributed by atoms with Crippen LogP contribution in [0.15, 0.2) is 158 Å². The van der Waals surface area contributed by atoms with E-state index in [0.717, 1.165) is 71.7 Å². The number of pyridine rings is 1. The zero-order valence-electron chi connectivity index (χ0n) is 27.6. The highest BCUT2D eigenvalue weighted by Crippen LogP contribution is 2.55. The van der Waals surface area contributed by atoms with E-state index in [2.05, 4.69) is 117 Å². The number of rotatable bonds is 6. The van der Waals surface area contributed by atoms with Gasteiger partial charge in [-0.3, -0.25) is 4.98 Å². The molecule has 50 heavy (non-hydrogen) atoms. The van der Waals surface area contributed by atoms with Crippen LogP contribution in [-0.4, -0.2) is 9.97 Å². The fourth-order valence-corrected chi connectivity index (χ4v) is 8.39. The number of para-hydroxylation sites is 3. The van der Waals surface area contributed by atoms with Crippen molar-refractivity contribution in [3.8, 4) is 44.7 Å². The van der Waals surface area contributed by atoms with Gasteiger partial charge in [0.1, 0.15) is 28.0 Å². The lowest BCUT2D eigenvalue weighted by Crippen LogP contribution is -2.35. The van der Waals surface area contributed by atoms with Crippen molar-refractivity contribution >= 4 is 21.6 Å². The van der Waals surface area contributed by atoms with Gasteiger partial charge in [-0.25, -0.2) is 4.98 Å². The van der Waals surface area contributed by atoms with Crippen LogP contribution in [0.4, 0.5) is 0 Å². The zero-order chi connectivity index (χ0) is 33.7. The van der Waals surface area contributed by atoms with E-state index in [9.17, 15) is 0 Å². The summed E-state index contributed by atoms with van der Waals surface area (Å²) in [5.41, 5.74) is 10.0. The van der Waals surface area contributed by atoms with E-state index < -0.39 is 5.41 Å². The van der Waals surface area contributed by atoms with Crippen LogP contribution in [0.2, 0.25) is 0 Å². The van der Waals surface area contributed by atoms with Crippen molar-refractivity contribution in [3.05, 3.63) is 191 Å². The molecular formula is C45H32N2O2S. The van der Waals surface area contributed by atoms with Gasteiger partial charge in [0.25, 0.3) is 0 Å². The maximum absolute atomic E-state index is 6.87. The number of thiazole rings is 1. The highest BCUT2D eigenvalue weighted by Gasteiger charge is 2.46. The monoisotopic (exact) mass is 664 g/mol. The maximum atomic E-state index is 6.87. The zero-order valence-corrected chi connectivity index (χ0v) is 28.4. The van der Waals surface area contributed by atoms with Gasteiger partial charge in [0.2, 0.25) is 0 Å². The molecule has 0 N–H and O–H groups in total. The summed E-state index contributed by atoms with van der Waals surface area (Å²) in [6.07, 6.45) is 1.86. The van der Waals surface area contributed by atoms with Crippen LogP contribution in [0.1, 0.15) is 33.5 Å². The minimum absolute atomic E-state index is 0.730. The minimum Gasteiger partial charge on any atom is -0.457 e. The van der Waals surface area contributed by atoms with Crippen molar-refractivity contribution in [3.63, 3.8) is 0 Å². The summed E-state index contributed by atoms with van der Waals surface area (Å²) in [6, 6.07) is 52.3. The van der Waals surface area contributed by atoms with E-state index in [-0.39, 0.29) is 0 Å². The third-order valence-electron chi connectivity index (χ3n) is 9.57. The predicted octanol–water partition coefficient (Wildman–Crippen LogP) is 11.9. The maximum Gasteiger partial charge on any atom is 0.132 e. The van der Waals surface area contributed by atoms with E-state index in [4.69, 9.17) is 19.4 Å². The molecule has 0 aliphatic carbocycles. The molecule has 6 aromatic carbocycles. The first-order valence-corrected chi connectivity index (χ1v) is 17.5. The van der Waals surface area contributed by atoms with Crippen molar-refractivity contribution < 1.29 is 9.47 Å². The van der Waals surface area contributed by atoms with Gasteiger partial charge in [-0.15, -0.1) is 11.3 Å². The average molecular weight is 665 g/mol. The molecular weight excluding hydrogens is 633 g/mol. The molecule has 0 saturated heterocycles. The molecule has 2 aromatic heterocycles. The molecule has 0 radical (unpaired) electrons. The molecule has 5 heteroatoms. The lowest BCUT2D eigenvalue weighted by atomic mass is 9.65. The molecule has 0 spiro atoms. The Kier molecular flexibility index (Phi) is 7.29. The van der Waals surface area contributed by atoms with Gasteiger partial charge in [0, 0.05) is 22.9 Å². The second-order valence-electron chi connectivity index (χ2n) is 12.7. The highest BCUT2D eigenvalue weighted by atomic mass is 32.1. The van der Waals surface area contributed by atoms with Crippen molar-refractivity contribution in [1.82, 2.24) is 9.97 Å². The first-order valence-electron chi connectivity index (χ1n) is 16.7. The Hall–Kier alpha value is -6.04. The third kappa shape index (κ3) is 4.97. The number of hydrogen-bond acceptors (Lipinski definition) is 5. The van der Waals surface area contributed by atoms with Crippen LogP contribution < -0.4 is 9.47 Å². The standard InChI is InChI=1S/C45H32N2O2S/c1-29-13-11-14-30(2)43(29)31-25-32(44-47-38-19-5-8-22-41(38)50-44)27-35(26-31)48-34-16-12-15-33(28-34)45(42-23-9-10-24-46-42)36-17-3-6-20-39(36)49-40-21-7-4-18-37(40)45/h3-28H,1-2H3. The number of aryl methyl sites for hydroxylation is 2. The third-order valence-corrected chi connectivity index (χ3v) is 10.7. The summed E-state index contributed by atoms with van der Waals surface area (Å²) >= 11 is 1.70. The van der Waals surface area contributed by atoms with Crippen LogP contribution in [0, 0.1) is 13.8 Å². The molecule has 1 aliphatic rings. The predicted molar refractivity (Wildman–Crippen MR) is 203 cm³/mol. The second-order valence-corrected chi connectivity index (χ2v) is 13.7. The summed E-state index contributed by atoms with van der Waals surface area (Å²) in [5, 5.41) is 0.961.